The third-order valence-corrected chi connectivity index (χ3v) is 2.31. The Bertz CT molecular complexity index is 238. The van der Waals surface area contributed by atoms with Crippen molar-refractivity contribution in [2.24, 2.45) is 5.41 Å². The van der Waals surface area contributed by atoms with E-state index in [9.17, 15) is 14.7 Å². The highest BCUT2D eigenvalue weighted by molar-refractivity contribution is 5.98. The number of ether oxygens (including phenoxy) is 1. The second kappa shape index (κ2) is 5.70. The molecule has 5 nitrogen and oxygen atoms in total. The van der Waals surface area contributed by atoms with Gasteiger partial charge in [-0.2, -0.15) is 0 Å². The lowest BCUT2D eigenvalue weighted by molar-refractivity contribution is -0.169. The van der Waals surface area contributed by atoms with E-state index in [0.717, 1.165) is 0 Å². The van der Waals surface area contributed by atoms with Gasteiger partial charge < -0.3 is 14.9 Å². The lowest BCUT2D eigenvalue weighted by atomic mass is 9.84. The standard InChI is InChI=1S/C10H18O5/c1-4-7(11)6-10(3,8(12)13)9(14)15-5-2/h7,11H,4-6H2,1-3H3,(H,12,13). The Hall–Kier alpha value is -1.10. The molecule has 2 N–H and O–H groups in total. The molecule has 15 heavy (non-hydrogen) atoms. The Morgan fingerprint density at radius 2 is 1.93 bits per heavy atom. The zero-order chi connectivity index (χ0) is 12.1. The highest BCUT2D eigenvalue weighted by Crippen LogP contribution is 2.26. The summed E-state index contributed by atoms with van der Waals surface area (Å²) in [5.74, 6) is -2.07. The number of carbonyl (C=O) groups is 2. The minimum atomic E-state index is -1.66. The fourth-order valence-corrected chi connectivity index (χ4v) is 1.16. The maximum atomic E-state index is 11.4. The molecule has 0 radical (unpaired) electrons. The first-order valence-corrected chi connectivity index (χ1v) is 4.97. The van der Waals surface area contributed by atoms with E-state index >= 15 is 0 Å². The Labute approximate surface area is 89.0 Å². The number of carboxylic acids is 1. The summed E-state index contributed by atoms with van der Waals surface area (Å²) in [6.07, 6.45) is -0.532. The van der Waals surface area contributed by atoms with Crippen LogP contribution in [0, 0.1) is 5.41 Å². The van der Waals surface area contributed by atoms with E-state index in [1.54, 1.807) is 13.8 Å². The van der Waals surface area contributed by atoms with Crippen molar-refractivity contribution in [2.45, 2.75) is 39.7 Å². The summed E-state index contributed by atoms with van der Waals surface area (Å²) >= 11 is 0. The van der Waals surface area contributed by atoms with E-state index in [2.05, 4.69) is 4.74 Å². The summed E-state index contributed by atoms with van der Waals surface area (Å²) in [5, 5.41) is 18.4. The minimum absolute atomic E-state index is 0.127. The van der Waals surface area contributed by atoms with Gasteiger partial charge in [-0.3, -0.25) is 9.59 Å². The van der Waals surface area contributed by atoms with Crippen LogP contribution in [0.2, 0.25) is 0 Å². The Morgan fingerprint density at radius 3 is 2.27 bits per heavy atom. The molecule has 2 atom stereocenters. The molecule has 0 amide bonds. The minimum Gasteiger partial charge on any atom is -0.480 e. The number of hydrogen-bond donors (Lipinski definition) is 2. The first kappa shape index (κ1) is 13.9. The van der Waals surface area contributed by atoms with Crippen molar-refractivity contribution in [1.82, 2.24) is 0 Å². The molecule has 0 rings (SSSR count). The number of rotatable bonds is 6. The average Bonchev–Trinajstić information content (AvgIpc) is 2.17. The molecule has 0 spiro atoms. The summed E-state index contributed by atoms with van der Waals surface area (Å²) in [6, 6.07) is 0. The summed E-state index contributed by atoms with van der Waals surface area (Å²) in [7, 11) is 0. The summed E-state index contributed by atoms with van der Waals surface area (Å²) in [6.45, 7) is 4.73. The fraction of sp³-hybridized carbons (Fsp3) is 0.800. The van der Waals surface area contributed by atoms with Gasteiger partial charge in [0, 0.05) is 0 Å². The molecular formula is C10H18O5. The van der Waals surface area contributed by atoms with Crippen LogP contribution in [0.5, 0.6) is 0 Å². The zero-order valence-corrected chi connectivity index (χ0v) is 9.32. The molecule has 5 heteroatoms. The number of carboxylic acid groups (broad SMARTS) is 1. The van der Waals surface area contributed by atoms with Crippen LogP contribution in [-0.2, 0) is 14.3 Å². The molecule has 0 aliphatic rings. The Morgan fingerprint density at radius 1 is 1.40 bits per heavy atom. The van der Waals surface area contributed by atoms with E-state index in [1.807, 2.05) is 0 Å². The van der Waals surface area contributed by atoms with Crippen LogP contribution in [0.1, 0.15) is 33.6 Å². The molecular weight excluding hydrogens is 200 g/mol. The molecule has 0 fully saturated rings. The van der Waals surface area contributed by atoms with E-state index < -0.39 is 23.5 Å². The lowest BCUT2D eigenvalue weighted by Gasteiger charge is -2.24. The third kappa shape index (κ3) is 3.51. The molecule has 2 unspecified atom stereocenters. The first-order valence-electron chi connectivity index (χ1n) is 4.97. The summed E-state index contributed by atoms with van der Waals surface area (Å²) in [5.41, 5.74) is -1.66. The lowest BCUT2D eigenvalue weighted by Crippen LogP contribution is -2.40. The monoisotopic (exact) mass is 218 g/mol. The summed E-state index contributed by atoms with van der Waals surface area (Å²) < 4.78 is 4.68. The second-order valence-corrected chi connectivity index (χ2v) is 3.62. The van der Waals surface area contributed by atoms with Gasteiger partial charge in [-0.25, -0.2) is 0 Å². The Kier molecular flexibility index (Phi) is 5.28. The van der Waals surface area contributed by atoms with E-state index in [0.29, 0.717) is 6.42 Å². The number of carbonyl (C=O) groups excluding carboxylic acids is 1. The third-order valence-electron chi connectivity index (χ3n) is 2.31. The van der Waals surface area contributed by atoms with Crippen LogP contribution in [0.3, 0.4) is 0 Å². The number of esters is 1. The van der Waals surface area contributed by atoms with Gasteiger partial charge in [0.25, 0.3) is 0 Å². The molecule has 0 aromatic rings. The number of hydrogen-bond acceptors (Lipinski definition) is 4. The smallest absolute Gasteiger partial charge is 0.323 e. The molecule has 88 valence electrons. The van der Waals surface area contributed by atoms with Crippen LogP contribution in [0.15, 0.2) is 0 Å². The topological polar surface area (TPSA) is 83.8 Å². The van der Waals surface area contributed by atoms with Crippen molar-refractivity contribution in [2.75, 3.05) is 6.61 Å². The quantitative estimate of drug-likeness (QED) is 0.509. The maximum absolute atomic E-state index is 11.4. The van der Waals surface area contributed by atoms with Gasteiger partial charge in [0.2, 0.25) is 0 Å². The van der Waals surface area contributed by atoms with Gasteiger partial charge >= 0.3 is 11.9 Å². The van der Waals surface area contributed by atoms with Crippen molar-refractivity contribution in [3.05, 3.63) is 0 Å². The molecule has 0 aromatic heterocycles. The molecule has 0 aliphatic carbocycles. The first-order chi connectivity index (χ1) is 6.88. The van der Waals surface area contributed by atoms with Gasteiger partial charge in [0.15, 0.2) is 5.41 Å². The van der Waals surface area contributed by atoms with Gasteiger partial charge in [-0.05, 0) is 26.7 Å². The summed E-state index contributed by atoms with van der Waals surface area (Å²) in [4.78, 5) is 22.4. The largest absolute Gasteiger partial charge is 0.480 e. The van der Waals surface area contributed by atoms with Crippen molar-refractivity contribution >= 4 is 11.9 Å². The van der Waals surface area contributed by atoms with Crippen LogP contribution >= 0.6 is 0 Å². The average molecular weight is 218 g/mol. The van der Waals surface area contributed by atoms with E-state index in [1.165, 1.54) is 6.92 Å². The Balaban J connectivity index is 4.73. The van der Waals surface area contributed by atoms with E-state index in [4.69, 9.17) is 5.11 Å². The van der Waals surface area contributed by atoms with Crippen molar-refractivity contribution in [1.29, 1.82) is 0 Å². The molecule has 0 saturated heterocycles. The van der Waals surface area contributed by atoms with Crippen molar-refractivity contribution < 1.29 is 24.5 Å². The van der Waals surface area contributed by atoms with Crippen LogP contribution in [0.25, 0.3) is 0 Å². The number of aliphatic hydroxyl groups excluding tert-OH is 1. The van der Waals surface area contributed by atoms with Crippen LogP contribution < -0.4 is 0 Å². The predicted molar refractivity (Wildman–Crippen MR) is 53.3 cm³/mol. The van der Waals surface area contributed by atoms with E-state index in [-0.39, 0.29) is 13.0 Å². The van der Waals surface area contributed by atoms with Crippen molar-refractivity contribution in [3.8, 4) is 0 Å². The second-order valence-electron chi connectivity index (χ2n) is 3.62. The predicted octanol–water partition coefficient (Wildman–Crippen LogP) is 0.801. The molecule has 0 heterocycles. The van der Waals surface area contributed by atoms with Crippen molar-refractivity contribution in [3.63, 3.8) is 0 Å². The highest BCUT2D eigenvalue weighted by atomic mass is 16.5. The van der Waals surface area contributed by atoms with Gasteiger partial charge in [0.1, 0.15) is 0 Å². The molecule has 0 aliphatic heterocycles. The molecule has 0 bridgehead atoms. The normalized spacial score (nSPS) is 16.5. The maximum Gasteiger partial charge on any atom is 0.323 e. The van der Waals surface area contributed by atoms with Crippen LogP contribution in [0.4, 0.5) is 0 Å². The van der Waals surface area contributed by atoms with Gasteiger partial charge in [-0.15, -0.1) is 0 Å². The SMILES string of the molecule is CCOC(=O)C(C)(CC(O)CC)C(=O)O. The zero-order valence-electron chi connectivity index (χ0n) is 9.32. The highest BCUT2D eigenvalue weighted by Gasteiger charge is 2.44. The van der Waals surface area contributed by atoms with Gasteiger partial charge in [0.05, 0.1) is 12.7 Å². The molecule has 0 saturated carbocycles. The number of aliphatic hydroxyl groups is 1. The number of aliphatic carboxylic acids is 1. The van der Waals surface area contributed by atoms with Gasteiger partial charge in [-0.1, -0.05) is 6.92 Å². The van der Waals surface area contributed by atoms with Crippen LogP contribution in [-0.4, -0.2) is 34.9 Å². The molecule has 0 aromatic carbocycles. The fourth-order valence-electron chi connectivity index (χ4n) is 1.16.